The summed E-state index contributed by atoms with van der Waals surface area (Å²) >= 11 is 0. The highest BCUT2D eigenvalue weighted by Crippen LogP contribution is 2.32. The van der Waals surface area contributed by atoms with Crippen LogP contribution in [-0.2, 0) is 6.42 Å². The highest BCUT2D eigenvalue weighted by atomic mass is 16.5. The summed E-state index contributed by atoms with van der Waals surface area (Å²) in [6, 6.07) is 0.0421. The van der Waals surface area contributed by atoms with Crippen LogP contribution in [0.25, 0.3) is 0 Å². The van der Waals surface area contributed by atoms with Crippen LogP contribution >= 0.6 is 0 Å². The Bertz CT molecular complexity index is 348. The van der Waals surface area contributed by atoms with E-state index in [1.54, 1.807) is 0 Å². The molecule has 1 aliphatic heterocycles. The molecule has 1 saturated carbocycles. The third kappa shape index (κ3) is 2.03. The van der Waals surface area contributed by atoms with E-state index in [2.05, 4.69) is 15.5 Å². The zero-order valence-corrected chi connectivity index (χ0v) is 8.52. The molecule has 1 aliphatic carbocycles. The molecular weight excluding hydrogens is 194 g/mol. The molecule has 0 radical (unpaired) electrons. The van der Waals surface area contributed by atoms with Gasteiger partial charge in [-0.1, -0.05) is 5.16 Å². The summed E-state index contributed by atoms with van der Waals surface area (Å²) in [5.74, 6) is 2.22. The van der Waals surface area contributed by atoms with Gasteiger partial charge in [-0.05, 0) is 25.2 Å². The first-order valence-corrected chi connectivity index (χ1v) is 5.55. The highest BCUT2D eigenvalue weighted by Gasteiger charge is 2.29. The van der Waals surface area contributed by atoms with E-state index in [9.17, 15) is 5.11 Å². The molecule has 2 fully saturated rings. The van der Waals surface area contributed by atoms with Crippen molar-refractivity contribution >= 4 is 0 Å². The van der Waals surface area contributed by atoms with Crippen LogP contribution in [0, 0.1) is 5.92 Å². The Morgan fingerprint density at radius 2 is 2.33 bits per heavy atom. The van der Waals surface area contributed by atoms with Crippen molar-refractivity contribution in [2.45, 2.75) is 37.8 Å². The van der Waals surface area contributed by atoms with Crippen LogP contribution in [0.1, 0.15) is 37.0 Å². The Kier molecular flexibility index (Phi) is 2.21. The van der Waals surface area contributed by atoms with Gasteiger partial charge in [-0.25, -0.2) is 0 Å². The summed E-state index contributed by atoms with van der Waals surface area (Å²) in [5.41, 5.74) is 0. The van der Waals surface area contributed by atoms with Crippen LogP contribution < -0.4 is 5.32 Å². The number of hydrogen-bond acceptors (Lipinski definition) is 5. The molecule has 0 amide bonds. The van der Waals surface area contributed by atoms with Gasteiger partial charge in [-0.15, -0.1) is 0 Å². The van der Waals surface area contributed by atoms with Crippen LogP contribution in [0.2, 0.25) is 0 Å². The SMILES string of the molecule is O[C@@H]1CN[C@@H](c2nc(CC3CC3)no2)C1. The summed E-state index contributed by atoms with van der Waals surface area (Å²) in [6.07, 6.45) is 3.92. The third-order valence-corrected chi connectivity index (χ3v) is 3.06. The van der Waals surface area contributed by atoms with Crippen molar-refractivity contribution < 1.29 is 9.63 Å². The Morgan fingerprint density at radius 1 is 1.47 bits per heavy atom. The predicted octanol–water partition coefficient (Wildman–Crippen LogP) is 0.417. The van der Waals surface area contributed by atoms with E-state index in [0.29, 0.717) is 18.9 Å². The van der Waals surface area contributed by atoms with Gasteiger partial charge in [0, 0.05) is 13.0 Å². The number of hydrogen-bond donors (Lipinski definition) is 2. The maximum absolute atomic E-state index is 9.37. The molecule has 5 heteroatoms. The van der Waals surface area contributed by atoms with Crippen LogP contribution in [0.3, 0.4) is 0 Å². The number of aliphatic hydroxyl groups is 1. The molecule has 0 unspecified atom stereocenters. The molecule has 5 nitrogen and oxygen atoms in total. The predicted molar refractivity (Wildman–Crippen MR) is 52.1 cm³/mol. The fourth-order valence-electron chi connectivity index (χ4n) is 1.98. The van der Waals surface area contributed by atoms with Crippen molar-refractivity contribution in [1.82, 2.24) is 15.5 Å². The van der Waals surface area contributed by atoms with E-state index in [0.717, 1.165) is 18.2 Å². The molecule has 1 saturated heterocycles. The van der Waals surface area contributed by atoms with E-state index in [1.807, 2.05) is 0 Å². The fourth-order valence-corrected chi connectivity index (χ4v) is 1.98. The van der Waals surface area contributed by atoms with Crippen molar-refractivity contribution in [2.24, 2.45) is 5.92 Å². The van der Waals surface area contributed by atoms with Gasteiger partial charge >= 0.3 is 0 Å². The molecule has 15 heavy (non-hydrogen) atoms. The lowest BCUT2D eigenvalue weighted by molar-refractivity contribution is 0.191. The molecular formula is C10H15N3O2. The maximum Gasteiger partial charge on any atom is 0.243 e. The van der Waals surface area contributed by atoms with Gasteiger partial charge in [-0.2, -0.15) is 4.98 Å². The molecule has 2 aliphatic rings. The highest BCUT2D eigenvalue weighted by molar-refractivity contribution is 4.99. The minimum absolute atomic E-state index is 0.0421. The number of aliphatic hydroxyl groups excluding tert-OH is 1. The summed E-state index contributed by atoms with van der Waals surface area (Å²) in [4.78, 5) is 4.36. The van der Waals surface area contributed by atoms with E-state index >= 15 is 0 Å². The second-order valence-electron chi connectivity index (χ2n) is 4.55. The number of aromatic nitrogens is 2. The van der Waals surface area contributed by atoms with Gasteiger partial charge in [0.05, 0.1) is 12.1 Å². The largest absolute Gasteiger partial charge is 0.392 e. The Morgan fingerprint density at radius 3 is 3.00 bits per heavy atom. The van der Waals surface area contributed by atoms with Gasteiger partial charge in [0.25, 0.3) is 0 Å². The molecule has 2 atom stereocenters. The number of nitrogens with one attached hydrogen (secondary N) is 1. The average Bonchev–Trinajstić information content (AvgIpc) is 2.74. The van der Waals surface area contributed by atoms with Gasteiger partial charge < -0.3 is 14.9 Å². The van der Waals surface area contributed by atoms with E-state index in [4.69, 9.17) is 4.52 Å². The summed E-state index contributed by atoms with van der Waals surface area (Å²) < 4.78 is 5.19. The quantitative estimate of drug-likeness (QED) is 0.754. The molecule has 0 bridgehead atoms. The van der Waals surface area contributed by atoms with Crippen molar-refractivity contribution in [3.63, 3.8) is 0 Å². The Labute approximate surface area is 87.9 Å². The van der Waals surface area contributed by atoms with Gasteiger partial charge in [0.1, 0.15) is 0 Å². The molecule has 1 aromatic heterocycles. The first-order chi connectivity index (χ1) is 7.31. The van der Waals surface area contributed by atoms with E-state index < -0.39 is 0 Å². The Hall–Kier alpha value is -0.940. The number of β-amino-alcohol motifs (C(OH)–C–C–N with tert-alkyl or cyclic N) is 1. The van der Waals surface area contributed by atoms with Crippen LogP contribution in [0.5, 0.6) is 0 Å². The minimum Gasteiger partial charge on any atom is -0.392 e. The molecule has 2 heterocycles. The molecule has 82 valence electrons. The lowest BCUT2D eigenvalue weighted by atomic mass is 10.2. The molecule has 0 spiro atoms. The third-order valence-electron chi connectivity index (χ3n) is 3.06. The summed E-state index contributed by atoms with van der Waals surface area (Å²) in [7, 11) is 0. The molecule has 2 N–H and O–H groups in total. The number of nitrogens with zero attached hydrogens (tertiary/aromatic N) is 2. The normalized spacial score (nSPS) is 31.0. The lowest BCUT2D eigenvalue weighted by Crippen LogP contribution is -2.15. The zero-order chi connectivity index (χ0) is 10.3. The minimum atomic E-state index is -0.284. The average molecular weight is 209 g/mol. The van der Waals surface area contributed by atoms with Crippen molar-refractivity contribution in [3.8, 4) is 0 Å². The van der Waals surface area contributed by atoms with Crippen LogP contribution in [0.4, 0.5) is 0 Å². The molecule has 1 aromatic rings. The second kappa shape index (κ2) is 3.57. The standard InChI is InChI=1S/C10H15N3O2/c14-7-4-8(11-5-7)10-12-9(13-15-10)3-6-1-2-6/h6-8,11,14H,1-5H2/t7-,8+/m0/s1. The van der Waals surface area contributed by atoms with Gasteiger partial charge in [-0.3, -0.25) is 0 Å². The fraction of sp³-hybridized carbons (Fsp3) is 0.800. The zero-order valence-electron chi connectivity index (χ0n) is 8.52. The van der Waals surface area contributed by atoms with E-state index in [-0.39, 0.29) is 12.1 Å². The second-order valence-corrected chi connectivity index (χ2v) is 4.55. The van der Waals surface area contributed by atoms with Crippen molar-refractivity contribution in [2.75, 3.05) is 6.54 Å². The van der Waals surface area contributed by atoms with Crippen molar-refractivity contribution in [3.05, 3.63) is 11.7 Å². The monoisotopic (exact) mass is 209 g/mol. The maximum atomic E-state index is 9.37. The summed E-state index contributed by atoms with van der Waals surface area (Å²) in [6.45, 7) is 0.616. The van der Waals surface area contributed by atoms with Crippen LogP contribution in [-0.4, -0.2) is 27.9 Å². The lowest BCUT2D eigenvalue weighted by Gasteiger charge is -2.01. The Balaban J connectivity index is 1.66. The van der Waals surface area contributed by atoms with Crippen molar-refractivity contribution in [1.29, 1.82) is 0 Å². The molecule has 3 rings (SSSR count). The summed E-state index contributed by atoms with van der Waals surface area (Å²) in [5, 5.41) is 16.5. The smallest absolute Gasteiger partial charge is 0.243 e. The van der Waals surface area contributed by atoms with Gasteiger partial charge in [0.2, 0.25) is 5.89 Å². The van der Waals surface area contributed by atoms with Gasteiger partial charge in [0.15, 0.2) is 5.82 Å². The first-order valence-electron chi connectivity index (χ1n) is 5.55. The first kappa shape index (κ1) is 9.30. The topological polar surface area (TPSA) is 71.2 Å². The molecule has 0 aromatic carbocycles. The van der Waals surface area contributed by atoms with E-state index in [1.165, 1.54) is 12.8 Å². The number of rotatable bonds is 3. The van der Waals surface area contributed by atoms with Crippen LogP contribution in [0.15, 0.2) is 4.52 Å².